The molecule has 0 aliphatic heterocycles. The van der Waals surface area contributed by atoms with E-state index in [0.29, 0.717) is 5.76 Å². The number of hydrogen-bond acceptors (Lipinski definition) is 2. The molecule has 0 spiro atoms. The molecule has 1 rings (SSSR count). The summed E-state index contributed by atoms with van der Waals surface area (Å²) < 4.78 is 4.95. The molecule has 0 aromatic rings. The lowest BCUT2D eigenvalue weighted by Crippen LogP contribution is -2.27. The largest absolute Gasteiger partial charge is 0.493 e. The van der Waals surface area contributed by atoms with Crippen molar-refractivity contribution in [2.24, 2.45) is 11.3 Å². The number of hydrogen-bond donors (Lipinski definition) is 0. The number of ketones is 1. The van der Waals surface area contributed by atoms with Crippen LogP contribution in [0.4, 0.5) is 0 Å². The maximum absolute atomic E-state index is 11.6. The second-order valence-electron chi connectivity index (χ2n) is 3.34. The lowest BCUT2D eigenvalue weighted by Gasteiger charge is -2.22. The van der Waals surface area contributed by atoms with Crippen molar-refractivity contribution in [3.63, 3.8) is 0 Å². The maximum Gasteiger partial charge on any atom is 0.207 e. The monoisotopic (exact) mass is 166 g/mol. The van der Waals surface area contributed by atoms with Gasteiger partial charge in [0.15, 0.2) is 5.76 Å². The minimum atomic E-state index is -0.467. The summed E-state index contributed by atoms with van der Waals surface area (Å²) in [6.45, 7) is 7.55. The molecule has 0 bridgehead atoms. The SMILES string of the molecule is C=CC1(C)C(=O)C(OC)=CC1C. The zero-order chi connectivity index (χ0) is 9.35. The molecule has 0 N–H and O–H groups in total. The highest BCUT2D eigenvalue weighted by atomic mass is 16.5. The minimum absolute atomic E-state index is 0.0347. The highest BCUT2D eigenvalue weighted by molar-refractivity contribution is 6.02. The van der Waals surface area contributed by atoms with Crippen LogP contribution >= 0.6 is 0 Å². The van der Waals surface area contributed by atoms with Crippen molar-refractivity contribution in [3.8, 4) is 0 Å². The van der Waals surface area contributed by atoms with E-state index in [9.17, 15) is 4.79 Å². The number of methoxy groups -OCH3 is 1. The molecule has 0 aromatic heterocycles. The minimum Gasteiger partial charge on any atom is -0.493 e. The molecule has 0 heterocycles. The van der Waals surface area contributed by atoms with Crippen LogP contribution in [0.25, 0.3) is 0 Å². The fourth-order valence-electron chi connectivity index (χ4n) is 1.39. The van der Waals surface area contributed by atoms with Crippen molar-refractivity contribution >= 4 is 5.78 Å². The van der Waals surface area contributed by atoms with Crippen LogP contribution in [-0.4, -0.2) is 12.9 Å². The van der Waals surface area contributed by atoms with Gasteiger partial charge in [-0.1, -0.05) is 13.0 Å². The van der Waals surface area contributed by atoms with E-state index in [1.807, 2.05) is 19.9 Å². The van der Waals surface area contributed by atoms with E-state index in [1.165, 1.54) is 7.11 Å². The Hall–Kier alpha value is -1.05. The fraction of sp³-hybridized carbons (Fsp3) is 0.500. The molecule has 0 radical (unpaired) electrons. The summed E-state index contributed by atoms with van der Waals surface area (Å²) in [4.78, 5) is 11.6. The second kappa shape index (κ2) is 2.77. The Morgan fingerprint density at radius 1 is 1.75 bits per heavy atom. The molecular weight excluding hydrogens is 152 g/mol. The van der Waals surface area contributed by atoms with Gasteiger partial charge in [-0.3, -0.25) is 4.79 Å². The third-order valence-corrected chi connectivity index (χ3v) is 2.70. The molecule has 2 heteroatoms. The normalized spacial score (nSPS) is 34.8. The number of ether oxygens (including phenoxy) is 1. The van der Waals surface area contributed by atoms with E-state index in [4.69, 9.17) is 4.74 Å². The van der Waals surface area contributed by atoms with Crippen LogP contribution < -0.4 is 0 Å². The van der Waals surface area contributed by atoms with E-state index >= 15 is 0 Å². The average molecular weight is 166 g/mol. The topological polar surface area (TPSA) is 26.3 Å². The number of carbonyl (C=O) groups is 1. The van der Waals surface area contributed by atoms with Gasteiger partial charge in [0.2, 0.25) is 5.78 Å². The Kier molecular flexibility index (Phi) is 2.09. The third kappa shape index (κ3) is 0.986. The summed E-state index contributed by atoms with van der Waals surface area (Å²) in [5.41, 5.74) is -0.467. The van der Waals surface area contributed by atoms with E-state index in [2.05, 4.69) is 6.58 Å². The van der Waals surface area contributed by atoms with Crippen molar-refractivity contribution in [3.05, 3.63) is 24.5 Å². The number of carbonyl (C=O) groups excluding carboxylic acids is 1. The molecule has 1 aliphatic rings. The molecule has 0 aromatic carbocycles. The van der Waals surface area contributed by atoms with Gasteiger partial charge in [0, 0.05) is 0 Å². The second-order valence-corrected chi connectivity index (χ2v) is 3.34. The van der Waals surface area contributed by atoms with Crippen molar-refractivity contribution in [1.82, 2.24) is 0 Å². The lowest BCUT2D eigenvalue weighted by atomic mass is 9.79. The van der Waals surface area contributed by atoms with Crippen LogP contribution in [0.2, 0.25) is 0 Å². The van der Waals surface area contributed by atoms with Gasteiger partial charge in [0.05, 0.1) is 12.5 Å². The van der Waals surface area contributed by atoms with E-state index < -0.39 is 5.41 Å². The first-order valence-electron chi connectivity index (χ1n) is 4.00. The Morgan fingerprint density at radius 2 is 2.33 bits per heavy atom. The van der Waals surface area contributed by atoms with Gasteiger partial charge in [-0.2, -0.15) is 0 Å². The predicted molar refractivity (Wildman–Crippen MR) is 47.6 cm³/mol. The van der Waals surface area contributed by atoms with Gasteiger partial charge in [-0.15, -0.1) is 6.58 Å². The van der Waals surface area contributed by atoms with Crippen LogP contribution in [0.15, 0.2) is 24.5 Å². The smallest absolute Gasteiger partial charge is 0.207 e. The van der Waals surface area contributed by atoms with Crippen LogP contribution in [0.5, 0.6) is 0 Å². The molecule has 0 saturated carbocycles. The highest BCUT2D eigenvalue weighted by Crippen LogP contribution is 2.39. The zero-order valence-electron chi connectivity index (χ0n) is 7.76. The predicted octanol–water partition coefficient (Wildman–Crippen LogP) is 1.93. The van der Waals surface area contributed by atoms with Crippen molar-refractivity contribution in [2.75, 3.05) is 7.11 Å². The molecule has 66 valence electrons. The van der Waals surface area contributed by atoms with E-state index in [-0.39, 0.29) is 11.7 Å². The molecule has 2 atom stereocenters. The lowest BCUT2D eigenvalue weighted by molar-refractivity contribution is -0.124. The molecule has 0 fully saturated rings. The van der Waals surface area contributed by atoms with E-state index in [0.717, 1.165) is 0 Å². The first-order valence-corrected chi connectivity index (χ1v) is 4.00. The Bertz CT molecular complexity index is 253. The molecule has 2 unspecified atom stereocenters. The van der Waals surface area contributed by atoms with E-state index in [1.54, 1.807) is 6.08 Å². The molecular formula is C10H14O2. The molecule has 12 heavy (non-hydrogen) atoms. The van der Waals surface area contributed by atoms with Crippen LogP contribution in [0, 0.1) is 11.3 Å². The zero-order valence-corrected chi connectivity index (χ0v) is 7.76. The summed E-state index contributed by atoms with van der Waals surface area (Å²) in [5, 5.41) is 0. The Labute approximate surface area is 72.9 Å². The number of Topliss-reactive ketones (excluding diaryl/α,β-unsaturated/α-hetero) is 1. The van der Waals surface area contributed by atoms with Gasteiger partial charge in [0.25, 0.3) is 0 Å². The first kappa shape index (κ1) is 9.04. The molecule has 2 nitrogen and oxygen atoms in total. The summed E-state index contributed by atoms with van der Waals surface area (Å²) >= 11 is 0. The van der Waals surface area contributed by atoms with Gasteiger partial charge in [-0.25, -0.2) is 0 Å². The number of allylic oxidation sites excluding steroid dienone is 3. The maximum atomic E-state index is 11.6. The van der Waals surface area contributed by atoms with Crippen LogP contribution in [0.3, 0.4) is 0 Å². The average Bonchev–Trinajstić information content (AvgIpc) is 2.30. The van der Waals surface area contributed by atoms with Crippen LogP contribution in [0.1, 0.15) is 13.8 Å². The van der Waals surface area contributed by atoms with Crippen molar-refractivity contribution in [2.45, 2.75) is 13.8 Å². The first-order chi connectivity index (χ1) is 5.56. The third-order valence-electron chi connectivity index (χ3n) is 2.70. The van der Waals surface area contributed by atoms with Gasteiger partial charge < -0.3 is 4.74 Å². The van der Waals surface area contributed by atoms with Gasteiger partial charge in [0.1, 0.15) is 0 Å². The molecule has 1 aliphatic carbocycles. The Morgan fingerprint density at radius 3 is 2.58 bits per heavy atom. The Balaban J connectivity index is 3.02. The number of rotatable bonds is 2. The van der Waals surface area contributed by atoms with Crippen LogP contribution in [-0.2, 0) is 9.53 Å². The summed E-state index contributed by atoms with van der Waals surface area (Å²) in [6, 6.07) is 0. The van der Waals surface area contributed by atoms with Gasteiger partial charge >= 0.3 is 0 Å². The van der Waals surface area contributed by atoms with Crippen molar-refractivity contribution in [1.29, 1.82) is 0 Å². The molecule has 0 amide bonds. The highest BCUT2D eigenvalue weighted by Gasteiger charge is 2.42. The summed E-state index contributed by atoms with van der Waals surface area (Å²) in [5.74, 6) is 0.676. The van der Waals surface area contributed by atoms with Crippen molar-refractivity contribution < 1.29 is 9.53 Å². The molecule has 0 saturated heterocycles. The standard InChI is InChI=1S/C10H14O2/c1-5-10(3)7(2)6-8(12-4)9(10)11/h5-7H,1H2,2-4H3. The quantitative estimate of drug-likeness (QED) is 0.586. The fourth-order valence-corrected chi connectivity index (χ4v) is 1.39. The summed E-state index contributed by atoms with van der Waals surface area (Å²) in [7, 11) is 1.52. The summed E-state index contributed by atoms with van der Waals surface area (Å²) in [6.07, 6.45) is 3.55. The van der Waals surface area contributed by atoms with Gasteiger partial charge in [-0.05, 0) is 18.9 Å².